The average molecular weight is 196 g/mol. The Morgan fingerprint density at radius 1 is 1.29 bits per heavy atom. The van der Waals surface area contributed by atoms with Crippen molar-refractivity contribution in [3.05, 3.63) is 11.6 Å². The third-order valence-corrected chi connectivity index (χ3v) is 2.56. The van der Waals surface area contributed by atoms with E-state index in [1.165, 1.54) is 38.5 Å². The molecule has 0 aromatic heterocycles. The van der Waals surface area contributed by atoms with Gasteiger partial charge in [0.15, 0.2) is 0 Å². The van der Waals surface area contributed by atoms with Gasteiger partial charge < -0.3 is 4.74 Å². The van der Waals surface area contributed by atoms with Crippen molar-refractivity contribution >= 4 is 0 Å². The molecule has 1 aliphatic carbocycles. The second-order valence-corrected chi connectivity index (χ2v) is 5.17. The molecule has 0 aromatic carbocycles. The summed E-state index contributed by atoms with van der Waals surface area (Å²) in [6.07, 6.45) is 10.3. The van der Waals surface area contributed by atoms with Gasteiger partial charge >= 0.3 is 0 Å². The predicted octanol–water partition coefficient (Wildman–Crippen LogP) is 4.08. The van der Waals surface area contributed by atoms with Gasteiger partial charge in [0.2, 0.25) is 0 Å². The molecule has 82 valence electrons. The maximum Gasteiger partial charge on any atom is 0.0598 e. The van der Waals surface area contributed by atoms with Crippen molar-refractivity contribution in [3.8, 4) is 0 Å². The summed E-state index contributed by atoms with van der Waals surface area (Å²) in [4.78, 5) is 0. The first-order valence-electron chi connectivity index (χ1n) is 5.90. The number of ether oxygens (including phenoxy) is 1. The van der Waals surface area contributed by atoms with Crippen molar-refractivity contribution in [1.29, 1.82) is 0 Å². The van der Waals surface area contributed by atoms with Crippen molar-refractivity contribution in [1.82, 2.24) is 0 Å². The molecule has 0 fully saturated rings. The topological polar surface area (TPSA) is 9.23 Å². The van der Waals surface area contributed by atoms with E-state index in [-0.39, 0.29) is 5.60 Å². The Balaban J connectivity index is 1.94. The van der Waals surface area contributed by atoms with Crippen molar-refractivity contribution in [3.63, 3.8) is 0 Å². The molecule has 1 rings (SSSR count). The molecule has 1 nitrogen and oxygen atoms in total. The van der Waals surface area contributed by atoms with Crippen LogP contribution in [0.4, 0.5) is 0 Å². The first-order valence-corrected chi connectivity index (χ1v) is 5.90. The third kappa shape index (κ3) is 5.43. The molecule has 0 amide bonds. The Hall–Kier alpha value is -0.300. The highest BCUT2D eigenvalue weighted by molar-refractivity contribution is 5.06. The van der Waals surface area contributed by atoms with Crippen molar-refractivity contribution < 1.29 is 4.74 Å². The fourth-order valence-electron chi connectivity index (χ4n) is 1.80. The quantitative estimate of drug-likeness (QED) is 0.475. The molecule has 0 atom stereocenters. The largest absolute Gasteiger partial charge is 0.376 e. The van der Waals surface area contributed by atoms with Gasteiger partial charge in [-0.2, -0.15) is 0 Å². The minimum Gasteiger partial charge on any atom is -0.376 e. The van der Waals surface area contributed by atoms with Crippen LogP contribution in [0.1, 0.15) is 59.3 Å². The number of hydrogen-bond donors (Lipinski definition) is 0. The van der Waals surface area contributed by atoms with Crippen LogP contribution in [0, 0.1) is 0 Å². The summed E-state index contributed by atoms with van der Waals surface area (Å²) in [5.74, 6) is 0. The fourth-order valence-corrected chi connectivity index (χ4v) is 1.80. The molecular formula is C13H24O. The summed E-state index contributed by atoms with van der Waals surface area (Å²) < 4.78 is 5.67. The van der Waals surface area contributed by atoms with Crippen LogP contribution in [0.2, 0.25) is 0 Å². The summed E-state index contributed by atoms with van der Waals surface area (Å²) in [6.45, 7) is 7.27. The van der Waals surface area contributed by atoms with E-state index in [0.29, 0.717) is 0 Å². The zero-order valence-electron chi connectivity index (χ0n) is 9.94. The maximum absolute atomic E-state index is 5.67. The molecule has 0 aromatic rings. The first kappa shape index (κ1) is 11.8. The van der Waals surface area contributed by atoms with Crippen molar-refractivity contribution in [2.45, 2.75) is 64.9 Å². The van der Waals surface area contributed by atoms with E-state index in [0.717, 1.165) is 6.61 Å². The highest BCUT2D eigenvalue weighted by Gasteiger charge is 2.09. The van der Waals surface area contributed by atoms with E-state index in [1.54, 1.807) is 5.57 Å². The van der Waals surface area contributed by atoms with Gasteiger partial charge in [-0.1, -0.05) is 11.6 Å². The van der Waals surface area contributed by atoms with Gasteiger partial charge in [0, 0.05) is 6.61 Å². The van der Waals surface area contributed by atoms with E-state index in [2.05, 4.69) is 26.8 Å². The molecule has 1 aliphatic rings. The summed E-state index contributed by atoms with van der Waals surface area (Å²) >= 11 is 0. The zero-order chi connectivity index (χ0) is 10.4. The Morgan fingerprint density at radius 2 is 2.07 bits per heavy atom. The molecule has 1 heteroatoms. The van der Waals surface area contributed by atoms with Crippen LogP contribution < -0.4 is 0 Å². The van der Waals surface area contributed by atoms with Crippen LogP contribution in [0.5, 0.6) is 0 Å². The normalized spacial score (nSPS) is 17.2. The monoisotopic (exact) mass is 196 g/mol. The second kappa shape index (κ2) is 5.55. The van der Waals surface area contributed by atoms with Gasteiger partial charge in [-0.25, -0.2) is 0 Å². The molecule has 0 unspecified atom stereocenters. The minimum absolute atomic E-state index is 0.0344. The number of allylic oxidation sites excluding steroid dienone is 2. The standard InChI is InChI=1S/C13H24O/c1-13(2,3)14-11-7-6-10-12-8-4-5-9-12/h8H,4-7,9-11H2,1-3H3. The van der Waals surface area contributed by atoms with Gasteiger partial charge in [-0.05, 0) is 59.3 Å². The van der Waals surface area contributed by atoms with Gasteiger partial charge in [0.1, 0.15) is 0 Å². The molecule has 0 saturated carbocycles. The van der Waals surface area contributed by atoms with Crippen LogP contribution in [-0.2, 0) is 4.74 Å². The van der Waals surface area contributed by atoms with Crippen LogP contribution in [0.15, 0.2) is 11.6 Å². The molecule has 0 heterocycles. The Bertz CT molecular complexity index is 186. The lowest BCUT2D eigenvalue weighted by Crippen LogP contribution is -2.19. The SMILES string of the molecule is CC(C)(C)OCCCCC1=CCCC1. The number of rotatable bonds is 5. The Morgan fingerprint density at radius 3 is 2.64 bits per heavy atom. The van der Waals surface area contributed by atoms with Crippen molar-refractivity contribution in [2.24, 2.45) is 0 Å². The predicted molar refractivity (Wildman–Crippen MR) is 61.5 cm³/mol. The molecular weight excluding hydrogens is 172 g/mol. The molecule has 14 heavy (non-hydrogen) atoms. The van der Waals surface area contributed by atoms with Crippen LogP contribution in [0.3, 0.4) is 0 Å². The summed E-state index contributed by atoms with van der Waals surface area (Å²) in [6, 6.07) is 0. The average Bonchev–Trinajstić information content (AvgIpc) is 2.54. The van der Waals surface area contributed by atoms with Crippen LogP contribution in [0.25, 0.3) is 0 Å². The molecule has 0 bridgehead atoms. The van der Waals surface area contributed by atoms with Gasteiger partial charge in [-0.15, -0.1) is 0 Å². The van der Waals surface area contributed by atoms with Crippen LogP contribution in [-0.4, -0.2) is 12.2 Å². The Kier molecular flexibility index (Phi) is 4.67. The fraction of sp³-hybridized carbons (Fsp3) is 0.846. The van der Waals surface area contributed by atoms with E-state index >= 15 is 0 Å². The molecule has 0 saturated heterocycles. The van der Waals surface area contributed by atoms with E-state index < -0.39 is 0 Å². The van der Waals surface area contributed by atoms with E-state index in [1.807, 2.05) is 0 Å². The first-order chi connectivity index (χ1) is 6.58. The van der Waals surface area contributed by atoms with Crippen molar-refractivity contribution in [2.75, 3.05) is 6.61 Å². The summed E-state index contributed by atoms with van der Waals surface area (Å²) in [5.41, 5.74) is 1.72. The summed E-state index contributed by atoms with van der Waals surface area (Å²) in [5, 5.41) is 0. The smallest absolute Gasteiger partial charge is 0.0598 e. The highest BCUT2D eigenvalue weighted by atomic mass is 16.5. The molecule has 0 aliphatic heterocycles. The van der Waals surface area contributed by atoms with Gasteiger partial charge in [-0.3, -0.25) is 0 Å². The van der Waals surface area contributed by atoms with E-state index in [9.17, 15) is 0 Å². The minimum atomic E-state index is 0.0344. The molecule has 0 radical (unpaired) electrons. The number of unbranched alkanes of at least 4 members (excludes halogenated alkanes) is 1. The van der Waals surface area contributed by atoms with Gasteiger partial charge in [0.05, 0.1) is 5.60 Å². The Labute approximate surface area is 88.5 Å². The molecule has 0 N–H and O–H groups in total. The second-order valence-electron chi connectivity index (χ2n) is 5.17. The van der Waals surface area contributed by atoms with Crippen LogP contribution >= 0.6 is 0 Å². The van der Waals surface area contributed by atoms with Gasteiger partial charge in [0.25, 0.3) is 0 Å². The lowest BCUT2D eigenvalue weighted by Gasteiger charge is -2.19. The molecule has 0 spiro atoms. The third-order valence-electron chi connectivity index (χ3n) is 2.56. The zero-order valence-corrected chi connectivity index (χ0v) is 9.94. The number of hydrogen-bond acceptors (Lipinski definition) is 1. The lowest BCUT2D eigenvalue weighted by atomic mass is 10.1. The lowest BCUT2D eigenvalue weighted by molar-refractivity contribution is -0.00452. The summed E-state index contributed by atoms with van der Waals surface area (Å²) in [7, 11) is 0. The maximum atomic E-state index is 5.67. The highest BCUT2D eigenvalue weighted by Crippen LogP contribution is 2.22. The van der Waals surface area contributed by atoms with E-state index in [4.69, 9.17) is 4.74 Å².